The van der Waals surface area contributed by atoms with Crippen molar-refractivity contribution in [2.24, 2.45) is 22.7 Å². The standard InChI is InChI=1S/C27H36O5/c1-4-5-12-20-19-26(20,2)25-24(31-3)21(15-16-27(25)17-18-27)32-23(30)14-11-9-7-6-8-10-13-22(28)29/h4-11,13-14,20-21,24-25H,12,15-19H2,1-3H3,(H,28,29)/b5-4-,8-6+,9-7+,13-10+,14-11+/t20-,21+,24+,25?,26?/m0/s1. The summed E-state index contributed by atoms with van der Waals surface area (Å²) in [6, 6.07) is 0. The van der Waals surface area contributed by atoms with Gasteiger partial charge in [0.25, 0.3) is 0 Å². The number of ether oxygens (including phenoxy) is 2. The van der Waals surface area contributed by atoms with Gasteiger partial charge in [0.1, 0.15) is 6.10 Å². The number of carbonyl (C=O) groups excluding carboxylic acids is 1. The lowest BCUT2D eigenvalue weighted by Crippen LogP contribution is -2.50. The van der Waals surface area contributed by atoms with Crippen molar-refractivity contribution in [3.63, 3.8) is 0 Å². The second kappa shape index (κ2) is 10.5. The number of carboxylic acids is 1. The van der Waals surface area contributed by atoms with Crippen molar-refractivity contribution in [2.75, 3.05) is 7.11 Å². The molecule has 5 heteroatoms. The molecule has 2 unspecified atom stereocenters. The van der Waals surface area contributed by atoms with E-state index in [9.17, 15) is 9.59 Å². The summed E-state index contributed by atoms with van der Waals surface area (Å²) in [5, 5.41) is 8.52. The largest absolute Gasteiger partial charge is 0.478 e. The molecule has 5 nitrogen and oxygen atoms in total. The number of carboxylic acid groups (broad SMARTS) is 1. The van der Waals surface area contributed by atoms with Crippen molar-refractivity contribution in [3.05, 3.63) is 60.8 Å². The van der Waals surface area contributed by atoms with E-state index in [2.05, 4.69) is 26.0 Å². The number of rotatable bonds is 10. The molecule has 0 aromatic rings. The molecule has 0 aliphatic heterocycles. The second-order valence-corrected chi connectivity index (χ2v) is 9.59. The molecule has 3 aliphatic carbocycles. The van der Waals surface area contributed by atoms with Crippen molar-refractivity contribution in [2.45, 2.75) is 64.6 Å². The van der Waals surface area contributed by atoms with Gasteiger partial charge >= 0.3 is 11.9 Å². The van der Waals surface area contributed by atoms with Crippen LogP contribution in [0.5, 0.6) is 0 Å². The van der Waals surface area contributed by atoms with Crippen LogP contribution in [0.25, 0.3) is 0 Å². The first-order valence-corrected chi connectivity index (χ1v) is 11.6. The molecule has 0 radical (unpaired) electrons. The second-order valence-electron chi connectivity index (χ2n) is 9.59. The Kier molecular flexibility index (Phi) is 7.94. The van der Waals surface area contributed by atoms with E-state index in [-0.39, 0.29) is 23.6 Å². The normalized spacial score (nSPS) is 33.8. The Labute approximate surface area is 191 Å². The molecule has 3 aliphatic rings. The van der Waals surface area contributed by atoms with E-state index in [4.69, 9.17) is 14.6 Å². The quantitative estimate of drug-likeness (QED) is 0.213. The molecule has 3 saturated carbocycles. The highest BCUT2D eigenvalue weighted by molar-refractivity contribution is 5.82. The summed E-state index contributed by atoms with van der Waals surface area (Å²) in [7, 11) is 1.76. The maximum Gasteiger partial charge on any atom is 0.331 e. The average Bonchev–Trinajstić information content (AvgIpc) is 3.67. The van der Waals surface area contributed by atoms with E-state index in [0.29, 0.717) is 17.3 Å². The molecule has 5 atom stereocenters. The Bertz CT molecular complexity index is 829. The highest BCUT2D eigenvalue weighted by Gasteiger charge is 2.68. The van der Waals surface area contributed by atoms with Gasteiger partial charge in [0.2, 0.25) is 0 Å². The van der Waals surface area contributed by atoms with Gasteiger partial charge in [-0.2, -0.15) is 0 Å². The summed E-state index contributed by atoms with van der Waals surface area (Å²) in [6.45, 7) is 4.48. The molecule has 3 fully saturated rings. The van der Waals surface area contributed by atoms with E-state index in [1.165, 1.54) is 31.4 Å². The van der Waals surface area contributed by atoms with Gasteiger partial charge in [-0.15, -0.1) is 0 Å². The molecular weight excluding hydrogens is 404 g/mol. The minimum Gasteiger partial charge on any atom is -0.478 e. The number of esters is 1. The van der Waals surface area contributed by atoms with Crippen LogP contribution in [0.2, 0.25) is 0 Å². The Morgan fingerprint density at radius 2 is 1.69 bits per heavy atom. The Balaban J connectivity index is 1.58. The van der Waals surface area contributed by atoms with Crippen LogP contribution < -0.4 is 0 Å². The Morgan fingerprint density at radius 3 is 2.28 bits per heavy atom. The predicted molar refractivity (Wildman–Crippen MR) is 125 cm³/mol. The van der Waals surface area contributed by atoms with Gasteiger partial charge in [0.15, 0.2) is 0 Å². The first kappa shape index (κ1) is 24.2. The first-order chi connectivity index (χ1) is 15.4. The minimum absolute atomic E-state index is 0.0521. The number of carbonyl (C=O) groups is 2. The summed E-state index contributed by atoms with van der Waals surface area (Å²) in [5.41, 5.74) is 0.644. The fraction of sp³-hybridized carbons (Fsp3) is 0.556. The third-order valence-corrected chi connectivity index (χ3v) is 7.57. The monoisotopic (exact) mass is 440 g/mol. The third kappa shape index (κ3) is 5.69. The van der Waals surface area contributed by atoms with Crippen LogP contribution in [-0.4, -0.2) is 36.4 Å². The molecule has 0 amide bonds. The van der Waals surface area contributed by atoms with Crippen molar-refractivity contribution >= 4 is 11.9 Å². The summed E-state index contributed by atoms with van der Waals surface area (Å²) in [6.07, 6.45) is 23.3. The summed E-state index contributed by atoms with van der Waals surface area (Å²) in [4.78, 5) is 22.8. The molecule has 3 rings (SSSR count). The van der Waals surface area contributed by atoms with Crippen molar-refractivity contribution in [1.29, 1.82) is 0 Å². The van der Waals surface area contributed by atoms with Crippen LogP contribution in [0.15, 0.2) is 60.8 Å². The fourth-order valence-corrected chi connectivity index (χ4v) is 5.75. The van der Waals surface area contributed by atoms with E-state index in [1.807, 2.05) is 0 Å². The van der Waals surface area contributed by atoms with Gasteiger partial charge in [-0.25, -0.2) is 9.59 Å². The molecule has 174 valence electrons. The Hall–Kier alpha value is -2.40. The fourth-order valence-electron chi connectivity index (χ4n) is 5.75. The van der Waals surface area contributed by atoms with Gasteiger partial charge in [-0.3, -0.25) is 0 Å². The molecule has 0 saturated heterocycles. The Morgan fingerprint density at radius 1 is 1.03 bits per heavy atom. The summed E-state index contributed by atoms with van der Waals surface area (Å²) in [5.74, 6) is -0.211. The van der Waals surface area contributed by atoms with Crippen LogP contribution in [0.1, 0.15) is 52.4 Å². The molecule has 1 spiro atoms. The lowest BCUT2D eigenvalue weighted by Gasteiger charge is -2.46. The van der Waals surface area contributed by atoms with Gasteiger partial charge in [0.05, 0.1) is 6.10 Å². The van der Waals surface area contributed by atoms with Gasteiger partial charge in [-0.05, 0) is 62.2 Å². The van der Waals surface area contributed by atoms with Crippen LogP contribution in [-0.2, 0) is 19.1 Å². The SMILES string of the molecule is C/C=C\C[C@H]1CC1(C)C1[C@H](OC)[C@H](OC(=O)/C=C/C=C/C=C/C=C/C(=O)O)CCC12CC2. The molecule has 0 bridgehead atoms. The smallest absolute Gasteiger partial charge is 0.331 e. The number of allylic oxidation sites excluding steroid dienone is 8. The molecule has 0 aromatic heterocycles. The zero-order valence-electron chi connectivity index (χ0n) is 19.4. The highest BCUT2D eigenvalue weighted by atomic mass is 16.6. The van der Waals surface area contributed by atoms with E-state index in [0.717, 1.165) is 25.3 Å². The van der Waals surface area contributed by atoms with Crippen molar-refractivity contribution in [1.82, 2.24) is 0 Å². The van der Waals surface area contributed by atoms with E-state index in [1.54, 1.807) is 37.5 Å². The van der Waals surface area contributed by atoms with Crippen LogP contribution in [0.3, 0.4) is 0 Å². The van der Waals surface area contributed by atoms with E-state index < -0.39 is 5.97 Å². The van der Waals surface area contributed by atoms with E-state index >= 15 is 0 Å². The average molecular weight is 441 g/mol. The van der Waals surface area contributed by atoms with Crippen LogP contribution in [0, 0.1) is 22.7 Å². The first-order valence-electron chi connectivity index (χ1n) is 11.6. The topological polar surface area (TPSA) is 72.8 Å². The van der Waals surface area contributed by atoms with Crippen LogP contribution >= 0.6 is 0 Å². The molecule has 0 aromatic carbocycles. The number of aliphatic carboxylic acids is 1. The zero-order valence-corrected chi connectivity index (χ0v) is 19.4. The van der Waals surface area contributed by atoms with Crippen molar-refractivity contribution in [3.8, 4) is 0 Å². The lowest BCUT2D eigenvalue weighted by molar-refractivity contribution is -0.167. The molecule has 0 heterocycles. The highest BCUT2D eigenvalue weighted by Crippen LogP contribution is 2.73. The van der Waals surface area contributed by atoms with Crippen LogP contribution in [0.4, 0.5) is 0 Å². The molecular formula is C27H36O5. The number of methoxy groups -OCH3 is 1. The predicted octanol–water partition coefficient (Wildman–Crippen LogP) is 5.41. The maximum atomic E-state index is 12.4. The van der Waals surface area contributed by atoms with Gasteiger partial charge < -0.3 is 14.6 Å². The molecule has 32 heavy (non-hydrogen) atoms. The minimum atomic E-state index is -0.989. The van der Waals surface area contributed by atoms with Gasteiger partial charge in [-0.1, -0.05) is 55.5 Å². The summed E-state index contributed by atoms with van der Waals surface area (Å²) < 4.78 is 11.9. The lowest BCUT2D eigenvalue weighted by atomic mass is 9.65. The number of hydrogen-bond donors (Lipinski definition) is 1. The van der Waals surface area contributed by atoms with Crippen molar-refractivity contribution < 1.29 is 24.2 Å². The third-order valence-electron chi connectivity index (χ3n) is 7.57. The van der Waals surface area contributed by atoms with Gasteiger partial charge in [0, 0.05) is 25.2 Å². The maximum absolute atomic E-state index is 12.4. The zero-order chi connectivity index (χ0) is 23.2. The molecule has 1 N–H and O–H groups in total. The summed E-state index contributed by atoms with van der Waals surface area (Å²) >= 11 is 0. The number of hydrogen-bond acceptors (Lipinski definition) is 4.